The molecular weight excluding hydrogens is 507 g/mol. The summed E-state index contributed by atoms with van der Waals surface area (Å²) in [6.07, 6.45) is 0. The molecule has 0 spiro atoms. The molecule has 2 N–H and O–H groups in total. The molecule has 10 heteroatoms. The topological polar surface area (TPSA) is 75.3 Å². The molecule has 1 heterocycles. The van der Waals surface area contributed by atoms with Gasteiger partial charge in [0.1, 0.15) is 5.82 Å². The minimum atomic E-state index is -0.411. The van der Waals surface area contributed by atoms with Crippen LogP contribution in [0.15, 0.2) is 60.7 Å². The van der Waals surface area contributed by atoms with Crippen LogP contribution in [0.4, 0.5) is 15.8 Å². The first-order valence-electron chi connectivity index (χ1n) is 12.1. The second-order valence-electron chi connectivity index (χ2n) is 8.72. The standard InChI is InChI=1S/C28H31FN4O4S/c1-35-24-16-20(17-25(36-2)26(24)37-3)27(34)31-28(38)30-21-8-10-22(11-9-21)33-14-12-32(13-15-33)18-19-6-4-5-7-23(19)29/h4-11,16-17H,12-15,18H2,1-3H3,(H2,30,31,34,38). The van der Waals surface area contributed by atoms with Gasteiger partial charge in [0.15, 0.2) is 16.6 Å². The van der Waals surface area contributed by atoms with Crippen LogP contribution in [-0.4, -0.2) is 63.4 Å². The number of nitrogens with zero attached hydrogens (tertiary/aromatic N) is 2. The van der Waals surface area contributed by atoms with Gasteiger partial charge in [-0.3, -0.25) is 15.0 Å². The van der Waals surface area contributed by atoms with Gasteiger partial charge in [-0.15, -0.1) is 0 Å². The Hall–Kier alpha value is -3.89. The van der Waals surface area contributed by atoms with E-state index in [0.29, 0.717) is 29.4 Å². The molecule has 3 aromatic rings. The predicted octanol–water partition coefficient (Wildman–Crippen LogP) is 4.30. The van der Waals surface area contributed by atoms with E-state index in [1.165, 1.54) is 27.4 Å². The summed E-state index contributed by atoms with van der Waals surface area (Å²) in [6.45, 7) is 4.02. The summed E-state index contributed by atoms with van der Waals surface area (Å²) in [4.78, 5) is 17.3. The van der Waals surface area contributed by atoms with Gasteiger partial charge in [-0.2, -0.15) is 0 Å². The number of methoxy groups -OCH3 is 3. The SMILES string of the molecule is COc1cc(C(=O)NC(=S)Nc2ccc(N3CCN(Cc4ccccc4F)CC3)cc2)cc(OC)c1OC. The highest BCUT2D eigenvalue weighted by molar-refractivity contribution is 7.80. The molecule has 0 unspecified atom stereocenters. The van der Waals surface area contributed by atoms with Crippen molar-refractivity contribution in [3.05, 3.63) is 77.6 Å². The van der Waals surface area contributed by atoms with E-state index in [0.717, 1.165) is 43.1 Å². The monoisotopic (exact) mass is 538 g/mol. The second kappa shape index (κ2) is 12.6. The van der Waals surface area contributed by atoms with Crippen LogP contribution >= 0.6 is 12.2 Å². The van der Waals surface area contributed by atoms with E-state index >= 15 is 0 Å². The molecule has 0 atom stereocenters. The van der Waals surface area contributed by atoms with Gasteiger partial charge in [0.2, 0.25) is 5.75 Å². The van der Waals surface area contributed by atoms with Gasteiger partial charge in [-0.1, -0.05) is 18.2 Å². The molecule has 0 saturated carbocycles. The van der Waals surface area contributed by atoms with Crippen molar-refractivity contribution in [3.8, 4) is 17.2 Å². The first kappa shape index (κ1) is 27.2. The van der Waals surface area contributed by atoms with Crippen LogP contribution in [0.1, 0.15) is 15.9 Å². The van der Waals surface area contributed by atoms with E-state index in [-0.39, 0.29) is 10.9 Å². The summed E-state index contributed by atoms with van der Waals surface area (Å²) in [5.41, 5.74) is 2.88. The lowest BCUT2D eigenvalue weighted by Gasteiger charge is -2.36. The number of rotatable bonds is 8. The quantitative estimate of drug-likeness (QED) is 0.412. The van der Waals surface area contributed by atoms with Crippen molar-refractivity contribution >= 4 is 34.6 Å². The Bertz CT molecular complexity index is 1260. The molecule has 1 fully saturated rings. The fourth-order valence-electron chi connectivity index (χ4n) is 4.34. The molecule has 0 aliphatic carbocycles. The van der Waals surface area contributed by atoms with Crippen LogP contribution in [0.5, 0.6) is 17.2 Å². The maximum atomic E-state index is 14.0. The first-order valence-corrected chi connectivity index (χ1v) is 12.6. The number of carbonyl (C=O) groups excluding carboxylic acids is 1. The number of halogens is 1. The van der Waals surface area contributed by atoms with Crippen molar-refractivity contribution in [2.45, 2.75) is 6.54 Å². The normalized spacial score (nSPS) is 13.5. The third-order valence-electron chi connectivity index (χ3n) is 6.37. The van der Waals surface area contributed by atoms with Crippen molar-refractivity contribution in [2.75, 3.05) is 57.7 Å². The van der Waals surface area contributed by atoms with E-state index in [4.69, 9.17) is 26.4 Å². The van der Waals surface area contributed by atoms with Crippen molar-refractivity contribution in [1.29, 1.82) is 0 Å². The number of amides is 1. The van der Waals surface area contributed by atoms with Crippen LogP contribution in [0, 0.1) is 5.82 Å². The molecule has 8 nitrogen and oxygen atoms in total. The number of anilines is 2. The van der Waals surface area contributed by atoms with Gasteiger partial charge in [-0.05, 0) is 54.7 Å². The van der Waals surface area contributed by atoms with Crippen molar-refractivity contribution in [1.82, 2.24) is 10.2 Å². The largest absolute Gasteiger partial charge is 0.493 e. The Morgan fingerprint density at radius 2 is 1.55 bits per heavy atom. The average molecular weight is 539 g/mol. The highest BCUT2D eigenvalue weighted by Crippen LogP contribution is 2.38. The maximum absolute atomic E-state index is 14.0. The van der Waals surface area contributed by atoms with Crippen molar-refractivity contribution in [2.24, 2.45) is 0 Å². The van der Waals surface area contributed by atoms with Gasteiger partial charge in [0.05, 0.1) is 21.3 Å². The highest BCUT2D eigenvalue weighted by Gasteiger charge is 2.19. The molecule has 0 aromatic heterocycles. The summed E-state index contributed by atoms with van der Waals surface area (Å²) < 4.78 is 29.9. The Morgan fingerprint density at radius 3 is 2.13 bits per heavy atom. The molecule has 0 bridgehead atoms. The Kier molecular flexibility index (Phi) is 8.98. The molecule has 3 aromatic carbocycles. The van der Waals surface area contributed by atoms with Crippen LogP contribution in [0.3, 0.4) is 0 Å². The zero-order valence-corrected chi connectivity index (χ0v) is 22.4. The van der Waals surface area contributed by atoms with Gasteiger partial charge in [-0.25, -0.2) is 4.39 Å². The molecule has 1 aliphatic rings. The molecule has 1 amide bonds. The third-order valence-corrected chi connectivity index (χ3v) is 6.57. The molecule has 1 saturated heterocycles. The number of piperazine rings is 1. The Labute approximate surface area is 227 Å². The summed E-state index contributed by atoms with van der Waals surface area (Å²) >= 11 is 5.34. The summed E-state index contributed by atoms with van der Waals surface area (Å²) in [5.74, 6) is 0.583. The second-order valence-corrected chi connectivity index (χ2v) is 9.13. The molecule has 1 aliphatic heterocycles. The van der Waals surface area contributed by atoms with Crippen LogP contribution in [-0.2, 0) is 6.54 Å². The summed E-state index contributed by atoms with van der Waals surface area (Å²) in [5, 5.41) is 5.89. The number of carbonyl (C=O) groups is 1. The average Bonchev–Trinajstić information content (AvgIpc) is 2.94. The Balaban J connectivity index is 1.30. The minimum absolute atomic E-state index is 0.157. The Morgan fingerprint density at radius 1 is 0.921 bits per heavy atom. The maximum Gasteiger partial charge on any atom is 0.257 e. The van der Waals surface area contributed by atoms with Crippen molar-refractivity contribution in [3.63, 3.8) is 0 Å². The minimum Gasteiger partial charge on any atom is -0.493 e. The first-order chi connectivity index (χ1) is 18.4. The molecule has 38 heavy (non-hydrogen) atoms. The summed E-state index contributed by atoms with van der Waals surface area (Å²) in [7, 11) is 4.47. The van der Waals surface area contributed by atoms with Crippen LogP contribution < -0.4 is 29.7 Å². The number of benzene rings is 3. The van der Waals surface area contributed by atoms with Gasteiger partial charge in [0, 0.05) is 55.2 Å². The van der Waals surface area contributed by atoms with Crippen LogP contribution in [0.25, 0.3) is 0 Å². The number of ether oxygens (including phenoxy) is 3. The van der Waals surface area contributed by atoms with E-state index in [1.807, 2.05) is 36.4 Å². The van der Waals surface area contributed by atoms with Crippen LogP contribution in [0.2, 0.25) is 0 Å². The molecule has 0 radical (unpaired) electrons. The van der Waals surface area contributed by atoms with E-state index < -0.39 is 5.91 Å². The smallest absolute Gasteiger partial charge is 0.257 e. The van der Waals surface area contributed by atoms with E-state index in [2.05, 4.69) is 20.4 Å². The molecule has 4 rings (SSSR count). The fourth-order valence-corrected chi connectivity index (χ4v) is 4.55. The number of nitrogens with one attached hydrogen (secondary N) is 2. The van der Waals surface area contributed by atoms with E-state index in [9.17, 15) is 9.18 Å². The van der Waals surface area contributed by atoms with Gasteiger partial charge < -0.3 is 24.4 Å². The number of hydrogen-bond donors (Lipinski definition) is 2. The summed E-state index contributed by atoms with van der Waals surface area (Å²) in [6, 6.07) is 17.9. The van der Waals surface area contributed by atoms with Crippen molar-refractivity contribution < 1.29 is 23.4 Å². The lowest BCUT2D eigenvalue weighted by molar-refractivity contribution is 0.0977. The van der Waals surface area contributed by atoms with E-state index in [1.54, 1.807) is 18.2 Å². The third kappa shape index (κ3) is 6.51. The zero-order valence-electron chi connectivity index (χ0n) is 21.6. The molecular formula is C28H31FN4O4S. The number of thiocarbonyl (C=S) groups is 1. The molecule has 200 valence electrons. The lowest BCUT2D eigenvalue weighted by atomic mass is 10.1. The fraction of sp³-hybridized carbons (Fsp3) is 0.286. The zero-order chi connectivity index (χ0) is 27.1. The number of hydrogen-bond acceptors (Lipinski definition) is 7. The lowest BCUT2D eigenvalue weighted by Crippen LogP contribution is -2.46. The predicted molar refractivity (Wildman–Crippen MR) is 150 cm³/mol. The van der Waals surface area contributed by atoms with Gasteiger partial charge in [0.25, 0.3) is 5.91 Å². The van der Waals surface area contributed by atoms with Gasteiger partial charge >= 0.3 is 0 Å². The highest BCUT2D eigenvalue weighted by atomic mass is 32.1.